The number of aliphatic imine (C=N–C) groups is 2. The quantitative estimate of drug-likeness (QED) is 0.432. The van der Waals surface area contributed by atoms with Gasteiger partial charge in [0.1, 0.15) is 6.54 Å². The maximum Gasteiger partial charge on any atom is 0.299 e. The van der Waals surface area contributed by atoms with Gasteiger partial charge in [-0.15, -0.1) is 4.99 Å². The van der Waals surface area contributed by atoms with E-state index in [1.165, 1.54) is 5.56 Å². The highest BCUT2D eigenvalue weighted by molar-refractivity contribution is 5.89. The van der Waals surface area contributed by atoms with Crippen LogP contribution in [0.4, 0.5) is 0 Å². The smallest absolute Gasteiger partial charge is 0.299 e. The molecule has 6 N–H and O–H groups in total. The molecule has 0 heterocycles. The molecule has 22 heavy (non-hydrogen) atoms. The molecule has 2 aromatic rings. The van der Waals surface area contributed by atoms with Crippen molar-refractivity contribution in [2.75, 3.05) is 0 Å². The number of hydrogen-bond acceptors (Lipinski definition) is 1. The van der Waals surface area contributed by atoms with E-state index in [-0.39, 0.29) is 18.4 Å². The van der Waals surface area contributed by atoms with Crippen LogP contribution in [-0.4, -0.2) is 11.9 Å². The van der Waals surface area contributed by atoms with Crippen molar-refractivity contribution in [3.63, 3.8) is 0 Å². The summed E-state index contributed by atoms with van der Waals surface area (Å²) in [6.07, 6.45) is 0. The van der Waals surface area contributed by atoms with Crippen molar-refractivity contribution in [1.82, 2.24) is 0 Å². The van der Waals surface area contributed by atoms with Gasteiger partial charge in [-0.1, -0.05) is 60.7 Å². The van der Waals surface area contributed by atoms with E-state index in [0.29, 0.717) is 12.5 Å². The molecule has 0 aromatic heterocycles. The number of hydrogen-bond donors (Lipinski definition) is 3. The maximum absolute atomic E-state index is 5.83. The van der Waals surface area contributed by atoms with Crippen molar-refractivity contribution < 1.29 is 17.7 Å². The number of nitrogens with two attached hydrogens (primary N) is 3. The molecule has 0 saturated heterocycles. The molecule has 0 aliphatic carbocycles. The third-order valence-corrected chi connectivity index (χ3v) is 2.90. The van der Waals surface area contributed by atoms with Gasteiger partial charge in [-0.3, -0.25) is 5.32 Å². The standard InChI is InChI=1S/C16H19N5.ClH/c17-15(19-11-13-7-3-1-4-8-13)21-16(18)20-12-14-9-5-2-6-10-14;/h1-10H,11-12H2,(H5,17,18,19,20,21);1H. The highest BCUT2D eigenvalue weighted by Gasteiger charge is 2.00. The van der Waals surface area contributed by atoms with Crippen LogP contribution in [0.5, 0.6) is 0 Å². The van der Waals surface area contributed by atoms with Gasteiger partial charge in [0, 0.05) is 5.56 Å². The lowest BCUT2D eigenvalue weighted by Gasteiger charge is -2.00. The molecule has 0 bridgehead atoms. The molecule has 0 amide bonds. The minimum atomic E-state index is 0. The Labute approximate surface area is 136 Å². The largest absolute Gasteiger partial charge is 1.00 e. The number of guanidine groups is 2. The van der Waals surface area contributed by atoms with Crippen molar-refractivity contribution >= 4 is 11.9 Å². The van der Waals surface area contributed by atoms with Crippen LogP contribution in [0.2, 0.25) is 0 Å². The van der Waals surface area contributed by atoms with Crippen LogP contribution in [0.1, 0.15) is 11.1 Å². The van der Waals surface area contributed by atoms with E-state index >= 15 is 0 Å². The molecular formula is C16H20ClN5. The highest BCUT2D eigenvalue weighted by atomic mass is 35.5. The lowest BCUT2D eigenvalue weighted by Crippen LogP contribution is -3.00. The van der Waals surface area contributed by atoms with Crippen LogP contribution in [-0.2, 0) is 13.1 Å². The lowest BCUT2D eigenvalue weighted by atomic mass is 10.2. The Kier molecular flexibility index (Phi) is 7.67. The Bertz CT molecular complexity index is 611. The molecule has 0 spiro atoms. The molecule has 0 fully saturated rings. The van der Waals surface area contributed by atoms with Crippen LogP contribution in [0, 0.1) is 0 Å². The second-order valence-corrected chi connectivity index (χ2v) is 4.59. The minimum Gasteiger partial charge on any atom is -1.00 e. The molecule has 5 nitrogen and oxygen atoms in total. The number of halogens is 1. The summed E-state index contributed by atoms with van der Waals surface area (Å²) in [4.78, 5) is 8.27. The second-order valence-electron chi connectivity index (χ2n) is 4.59. The topological polar surface area (TPSA) is 93.4 Å². The van der Waals surface area contributed by atoms with Crippen LogP contribution in [0.15, 0.2) is 70.6 Å². The first-order valence-corrected chi connectivity index (χ1v) is 6.79. The van der Waals surface area contributed by atoms with E-state index in [4.69, 9.17) is 11.5 Å². The van der Waals surface area contributed by atoms with Crippen LogP contribution in [0.3, 0.4) is 0 Å². The summed E-state index contributed by atoms with van der Waals surface area (Å²) in [5, 5.41) is 1.83. The molecule has 0 atom stereocenters. The van der Waals surface area contributed by atoms with Crippen LogP contribution < -0.4 is 29.2 Å². The Morgan fingerprint density at radius 2 is 1.41 bits per heavy atom. The van der Waals surface area contributed by atoms with Gasteiger partial charge in [0.15, 0.2) is 0 Å². The third-order valence-electron chi connectivity index (χ3n) is 2.90. The fraction of sp³-hybridized carbons (Fsp3) is 0.125. The average molecular weight is 318 g/mol. The van der Waals surface area contributed by atoms with E-state index in [1.54, 1.807) is 0 Å². The molecule has 6 heteroatoms. The van der Waals surface area contributed by atoms with E-state index in [0.717, 1.165) is 12.1 Å². The molecule has 0 aliphatic rings. The lowest BCUT2D eigenvalue weighted by molar-refractivity contribution is -0.558. The first kappa shape index (κ1) is 17.7. The monoisotopic (exact) mass is 317 g/mol. The minimum absolute atomic E-state index is 0. The molecule has 0 saturated carbocycles. The van der Waals surface area contributed by atoms with Crippen molar-refractivity contribution in [3.8, 4) is 0 Å². The average Bonchev–Trinajstić information content (AvgIpc) is 2.53. The fourth-order valence-electron chi connectivity index (χ4n) is 1.81. The maximum atomic E-state index is 5.83. The van der Waals surface area contributed by atoms with Crippen LogP contribution >= 0.6 is 0 Å². The van der Waals surface area contributed by atoms with Gasteiger partial charge < -0.3 is 23.9 Å². The Hall–Kier alpha value is -2.37. The van der Waals surface area contributed by atoms with Gasteiger partial charge in [0.05, 0.1) is 6.54 Å². The highest BCUT2D eigenvalue weighted by Crippen LogP contribution is 1.99. The molecule has 116 valence electrons. The number of quaternary nitrogens is 1. The predicted octanol–water partition coefficient (Wildman–Crippen LogP) is -2.42. The van der Waals surface area contributed by atoms with Crippen LogP contribution in [0.25, 0.3) is 0 Å². The van der Waals surface area contributed by atoms with Gasteiger partial charge in [-0.2, -0.15) is 0 Å². The first-order chi connectivity index (χ1) is 10.2. The zero-order valence-electron chi connectivity index (χ0n) is 12.2. The molecule has 0 unspecified atom stereocenters. The first-order valence-electron chi connectivity index (χ1n) is 6.79. The fourth-order valence-corrected chi connectivity index (χ4v) is 1.81. The summed E-state index contributed by atoms with van der Waals surface area (Å²) in [7, 11) is 0. The molecule has 0 aliphatic heterocycles. The van der Waals surface area contributed by atoms with Gasteiger partial charge in [-0.05, 0) is 5.56 Å². The second kappa shape index (κ2) is 9.55. The predicted molar refractivity (Wildman–Crippen MR) is 85.5 cm³/mol. The summed E-state index contributed by atoms with van der Waals surface area (Å²) in [5.74, 6) is 0.578. The third kappa shape index (κ3) is 6.39. The molecule has 2 aromatic carbocycles. The summed E-state index contributed by atoms with van der Waals surface area (Å²) in [6, 6.07) is 19.9. The Morgan fingerprint density at radius 3 is 2.00 bits per heavy atom. The van der Waals surface area contributed by atoms with Gasteiger partial charge in [0.25, 0.3) is 5.96 Å². The van der Waals surface area contributed by atoms with Gasteiger partial charge in [-0.25, -0.2) is 4.99 Å². The van der Waals surface area contributed by atoms with Gasteiger partial charge in [0.2, 0.25) is 5.96 Å². The summed E-state index contributed by atoms with van der Waals surface area (Å²) in [6.45, 7) is 1.23. The normalized spacial score (nSPS) is 11.8. The van der Waals surface area contributed by atoms with Crippen molar-refractivity contribution in [1.29, 1.82) is 0 Å². The summed E-state index contributed by atoms with van der Waals surface area (Å²) in [5.41, 5.74) is 13.8. The molecular weight excluding hydrogens is 298 g/mol. The van der Waals surface area contributed by atoms with E-state index < -0.39 is 0 Å². The Balaban J connectivity index is 0.00000242. The summed E-state index contributed by atoms with van der Waals surface area (Å²) < 4.78 is 0. The molecule has 0 radical (unpaired) electrons. The number of benzene rings is 2. The van der Waals surface area contributed by atoms with Crippen molar-refractivity contribution in [2.24, 2.45) is 21.5 Å². The van der Waals surface area contributed by atoms with E-state index in [2.05, 4.69) is 9.98 Å². The zero-order valence-corrected chi connectivity index (χ0v) is 12.9. The Morgan fingerprint density at radius 1 is 0.864 bits per heavy atom. The van der Waals surface area contributed by atoms with Crippen molar-refractivity contribution in [3.05, 3.63) is 71.8 Å². The van der Waals surface area contributed by atoms with Crippen molar-refractivity contribution in [2.45, 2.75) is 13.1 Å². The summed E-state index contributed by atoms with van der Waals surface area (Å²) >= 11 is 0. The number of rotatable bonds is 4. The zero-order chi connectivity index (χ0) is 14.9. The SMILES string of the molecule is NC(=NCc1ccccc1)/N=C(\N)[NH2+]Cc1ccccc1.[Cl-]. The van der Waals surface area contributed by atoms with E-state index in [1.807, 2.05) is 66.0 Å². The van der Waals surface area contributed by atoms with Gasteiger partial charge >= 0.3 is 0 Å². The molecule has 2 rings (SSSR count). The van der Waals surface area contributed by atoms with E-state index in [9.17, 15) is 0 Å². The number of nitrogens with zero attached hydrogens (tertiary/aromatic N) is 2.